The Morgan fingerprint density at radius 1 is 1.18 bits per heavy atom. The van der Waals surface area contributed by atoms with Gasteiger partial charge < -0.3 is 19.6 Å². The van der Waals surface area contributed by atoms with Gasteiger partial charge in [-0.05, 0) is 61.7 Å². The summed E-state index contributed by atoms with van der Waals surface area (Å²) in [4.78, 5) is 33.6. The number of terminal acetylenes is 1. The van der Waals surface area contributed by atoms with Crippen LogP contribution in [0.4, 0.5) is 14.6 Å². The number of carbonyl (C=O) groups excluding carboxylic acids is 1. The number of hydrogen-bond acceptors (Lipinski definition) is 8. The van der Waals surface area contributed by atoms with E-state index in [1.807, 2.05) is 4.90 Å². The number of benzene rings is 2. The molecule has 11 heteroatoms. The Bertz CT molecular complexity index is 2000. The number of alkyl halides is 1. The number of halogens is 2. The van der Waals surface area contributed by atoms with Gasteiger partial charge in [0.1, 0.15) is 35.6 Å². The maximum atomic E-state index is 17.0. The molecular weight excluding hydrogens is 626 g/mol. The molecule has 2 unspecified atom stereocenters. The third-order valence-electron chi connectivity index (χ3n) is 10.9. The van der Waals surface area contributed by atoms with E-state index in [4.69, 9.17) is 16.1 Å². The van der Waals surface area contributed by atoms with E-state index in [2.05, 4.69) is 39.5 Å². The van der Waals surface area contributed by atoms with Crippen molar-refractivity contribution in [1.29, 1.82) is 0 Å². The molecule has 2 aromatic heterocycles. The largest absolute Gasteiger partial charge is 0.508 e. The molecule has 4 aromatic rings. The lowest BCUT2D eigenvalue weighted by Gasteiger charge is -2.42. The van der Waals surface area contributed by atoms with E-state index in [-0.39, 0.29) is 53.5 Å². The molecule has 0 radical (unpaired) electrons. The van der Waals surface area contributed by atoms with Gasteiger partial charge in [0.25, 0.3) is 0 Å². The van der Waals surface area contributed by atoms with Crippen molar-refractivity contribution in [3.05, 3.63) is 47.9 Å². The van der Waals surface area contributed by atoms with E-state index < -0.39 is 17.5 Å². The first kappa shape index (κ1) is 31.7. The second-order valence-corrected chi connectivity index (χ2v) is 14.6. The highest BCUT2D eigenvalue weighted by atomic mass is 19.1. The lowest BCUT2D eigenvalue weighted by Crippen LogP contribution is -2.56. The van der Waals surface area contributed by atoms with Crippen LogP contribution >= 0.6 is 0 Å². The molecule has 4 atom stereocenters. The third-order valence-corrected chi connectivity index (χ3v) is 10.9. The van der Waals surface area contributed by atoms with E-state index >= 15 is 4.39 Å². The molecule has 0 saturated carbocycles. The van der Waals surface area contributed by atoms with E-state index in [1.165, 1.54) is 6.07 Å². The van der Waals surface area contributed by atoms with Crippen LogP contribution in [0.3, 0.4) is 0 Å². The SMILES string of the molecule is C#Cc1cccc2cc(O)cc(-c3ncc4c(N5CC6CCC(C5)N6C(=O)CC(C)C)nc(OC[C@@]56CCCN5C[C@H](F)C6)nc4c3F)c12. The fourth-order valence-electron chi connectivity index (χ4n) is 8.82. The van der Waals surface area contributed by atoms with Gasteiger partial charge in [-0.1, -0.05) is 31.9 Å². The topological polar surface area (TPSA) is 94.9 Å². The molecule has 254 valence electrons. The van der Waals surface area contributed by atoms with Crippen molar-refractivity contribution in [3.8, 4) is 35.4 Å². The zero-order chi connectivity index (χ0) is 34.0. The summed E-state index contributed by atoms with van der Waals surface area (Å²) in [5, 5.41) is 12.3. The number of ether oxygens (including phenoxy) is 1. The number of nitrogens with zero attached hydrogens (tertiary/aromatic N) is 6. The Hall–Kier alpha value is -4.56. The molecule has 9 nitrogen and oxygen atoms in total. The minimum absolute atomic E-state index is 0.00695. The summed E-state index contributed by atoms with van der Waals surface area (Å²) in [5.74, 6) is 2.86. The average molecular weight is 667 g/mol. The van der Waals surface area contributed by atoms with Crippen LogP contribution in [0.15, 0.2) is 36.5 Å². The van der Waals surface area contributed by atoms with E-state index in [1.54, 1.807) is 30.5 Å². The zero-order valence-corrected chi connectivity index (χ0v) is 27.8. The lowest BCUT2D eigenvalue weighted by atomic mass is 9.95. The van der Waals surface area contributed by atoms with Crippen LogP contribution in [0.2, 0.25) is 0 Å². The number of aromatic nitrogens is 3. The predicted octanol–water partition coefficient (Wildman–Crippen LogP) is 5.85. The van der Waals surface area contributed by atoms with Crippen LogP contribution in [0.1, 0.15) is 57.9 Å². The number of hydrogen-bond donors (Lipinski definition) is 1. The number of anilines is 1. The fraction of sp³-hybridized carbons (Fsp3) is 0.474. The van der Waals surface area contributed by atoms with Crippen LogP contribution < -0.4 is 9.64 Å². The second-order valence-electron chi connectivity index (χ2n) is 14.6. The number of fused-ring (bicyclic) bond motifs is 5. The van der Waals surface area contributed by atoms with Crippen molar-refractivity contribution in [2.45, 2.75) is 76.2 Å². The molecule has 1 N–H and O–H groups in total. The van der Waals surface area contributed by atoms with Crippen molar-refractivity contribution in [3.63, 3.8) is 0 Å². The molecule has 2 bridgehead atoms. The first-order valence-corrected chi connectivity index (χ1v) is 17.3. The van der Waals surface area contributed by atoms with E-state index in [0.717, 1.165) is 32.2 Å². The van der Waals surface area contributed by atoms with Crippen LogP contribution in [-0.2, 0) is 4.79 Å². The molecule has 6 heterocycles. The Balaban J connectivity index is 1.23. The van der Waals surface area contributed by atoms with Gasteiger partial charge in [0.05, 0.1) is 10.9 Å². The minimum atomic E-state index is -0.918. The Morgan fingerprint density at radius 3 is 2.73 bits per heavy atom. The smallest absolute Gasteiger partial charge is 0.319 e. The standard InChI is InChI=1S/C38H40F2N6O3/c1-4-23-7-5-8-24-14-28(47)15-29(32(23)24)34-33(40)35-30(17-41-34)36(44-19-26-9-10-27(20-44)46(26)31(48)13-22(2)3)43-37(42-35)49-21-38-11-6-12-45(38)18-25(39)16-38/h1,5,7-8,14-15,17,22,25-27,47H,6,9-13,16,18-21H2,2-3H3/t25-,26?,27?,38+/m1/s1. The number of rotatable bonds is 7. The summed E-state index contributed by atoms with van der Waals surface area (Å²) in [5.41, 5.74) is 0.479. The van der Waals surface area contributed by atoms with E-state index in [0.29, 0.717) is 65.6 Å². The molecule has 4 aliphatic heterocycles. The Morgan fingerprint density at radius 2 is 1.98 bits per heavy atom. The number of phenols is 1. The lowest BCUT2D eigenvalue weighted by molar-refractivity contribution is -0.135. The van der Waals surface area contributed by atoms with Gasteiger partial charge in [0.2, 0.25) is 5.91 Å². The summed E-state index contributed by atoms with van der Waals surface area (Å²) in [6.45, 7) is 6.59. The highest BCUT2D eigenvalue weighted by Gasteiger charge is 2.49. The third kappa shape index (κ3) is 5.41. The highest BCUT2D eigenvalue weighted by molar-refractivity contribution is 6.02. The first-order chi connectivity index (χ1) is 23.6. The Labute approximate surface area is 284 Å². The molecule has 4 fully saturated rings. The van der Waals surface area contributed by atoms with Crippen molar-refractivity contribution in [1.82, 2.24) is 24.8 Å². The molecule has 49 heavy (non-hydrogen) atoms. The predicted molar refractivity (Wildman–Crippen MR) is 184 cm³/mol. The highest BCUT2D eigenvalue weighted by Crippen LogP contribution is 2.42. The number of amides is 1. The second kappa shape index (κ2) is 12.1. The van der Waals surface area contributed by atoms with Crippen LogP contribution in [0, 0.1) is 24.1 Å². The number of piperazine rings is 1. The number of phenolic OH excluding ortho intramolecular Hbond substituents is 1. The van der Waals surface area contributed by atoms with Crippen molar-refractivity contribution in [2.75, 3.05) is 37.7 Å². The van der Waals surface area contributed by atoms with Crippen LogP contribution in [-0.4, -0.2) is 92.3 Å². The summed E-state index contributed by atoms with van der Waals surface area (Å²) in [6, 6.07) is 8.46. The molecular formula is C38H40F2N6O3. The number of aromatic hydroxyl groups is 1. The van der Waals surface area contributed by atoms with Crippen molar-refractivity contribution < 1.29 is 23.4 Å². The fourth-order valence-corrected chi connectivity index (χ4v) is 8.82. The maximum absolute atomic E-state index is 17.0. The number of carbonyl (C=O) groups is 1. The maximum Gasteiger partial charge on any atom is 0.319 e. The summed E-state index contributed by atoms with van der Waals surface area (Å²) < 4.78 is 37.8. The average Bonchev–Trinajstić information content (AvgIpc) is 3.69. The molecule has 2 aromatic carbocycles. The zero-order valence-electron chi connectivity index (χ0n) is 27.8. The van der Waals surface area contributed by atoms with E-state index in [9.17, 15) is 14.3 Å². The van der Waals surface area contributed by atoms with Gasteiger partial charge in [-0.2, -0.15) is 9.97 Å². The molecule has 0 spiro atoms. The monoisotopic (exact) mass is 666 g/mol. The summed E-state index contributed by atoms with van der Waals surface area (Å²) in [7, 11) is 0. The van der Waals surface area contributed by atoms with Gasteiger partial charge in [-0.3, -0.25) is 14.7 Å². The quantitative estimate of drug-likeness (QED) is 0.246. The first-order valence-electron chi connectivity index (χ1n) is 17.3. The summed E-state index contributed by atoms with van der Waals surface area (Å²) >= 11 is 0. The number of pyridine rings is 1. The van der Waals surface area contributed by atoms with Gasteiger partial charge in [-0.25, -0.2) is 8.78 Å². The molecule has 1 amide bonds. The minimum Gasteiger partial charge on any atom is -0.508 e. The van der Waals surface area contributed by atoms with Gasteiger partial charge in [-0.15, -0.1) is 6.42 Å². The molecule has 4 aliphatic rings. The van der Waals surface area contributed by atoms with Crippen molar-refractivity contribution >= 4 is 33.4 Å². The van der Waals surface area contributed by atoms with Crippen LogP contribution in [0.25, 0.3) is 32.9 Å². The molecule has 0 aliphatic carbocycles. The summed E-state index contributed by atoms with van der Waals surface area (Å²) in [6.07, 6.45) is 10.9. The van der Waals surface area contributed by atoms with Crippen molar-refractivity contribution in [2.24, 2.45) is 5.92 Å². The Kier molecular flexibility index (Phi) is 7.82. The molecule has 4 saturated heterocycles. The van der Waals surface area contributed by atoms with Gasteiger partial charge in [0, 0.05) is 67.3 Å². The normalized spacial score (nSPS) is 25.0. The van der Waals surface area contributed by atoms with Crippen LogP contribution in [0.5, 0.6) is 11.8 Å². The van der Waals surface area contributed by atoms with Gasteiger partial charge in [0.15, 0.2) is 5.82 Å². The molecule has 8 rings (SSSR count). The van der Waals surface area contributed by atoms with Gasteiger partial charge >= 0.3 is 6.01 Å².